The smallest absolute Gasteiger partial charge is 0.271 e. The molecule has 4 aromatic carbocycles. The Hall–Kier alpha value is -5.31. The molecule has 0 atom stereocenters. The molecule has 0 fully saturated rings. The van der Waals surface area contributed by atoms with Gasteiger partial charge in [0.2, 0.25) is 5.75 Å². The van der Waals surface area contributed by atoms with Crippen LogP contribution in [0.1, 0.15) is 37.4 Å². The monoisotopic (exact) mass is 567 g/mol. The minimum absolute atomic E-state index is 0.247. The number of aryl methyl sites for hydroxylation is 1. The first-order valence-corrected chi connectivity index (χ1v) is 13.1. The molecule has 0 heterocycles. The van der Waals surface area contributed by atoms with Gasteiger partial charge >= 0.3 is 0 Å². The molecule has 2 amide bonds. The molecule has 0 radical (unpaired) electrons. The molecule has 9 heteroatoms. The van der Waals surface area contributed by atoms with Crippen molar-refractivity contribution in [3.63, 3.8) is 0 Å². The van der Waals surface area contributed by atoms with Crippen LogP contribution in [0.15, 0.2) is 90.0 Å². The van der Waals surface area contributed by atoms with Gasteiger partial charge in [-0.2, -0.15) is 5.10 Å². The molecule has 0 unspecified atom stereocenters. The summed E-state index contributed by atoms with van der Waals surface area (Å²) in [6.07, 6.45) is 1.57. The van der Waals surface area contributed by atoms with Gasteiger partial charge in [-0.15, -0.1) is 0 Å². The maximum absolute atomic E-state index is 13.9. The van der Waals surface area contributed by atoms with Gasteiger partial charge in [0.1, 0.15) is 5.75 Å². The molecule has 0 aromatic heterocycles. The minimum Gasteiger partial charge on any atom is -0.497 e. The summed E-state index contributed by atoms with van der Waals surface area (Å²) >= 11 is 0. The summed E-state index contributed by atoms with van der Waals surface area (Å²) in [4.78, 5) is 28.2. The molecule has 4 rings (SSSR count). The fourth-order valence-corrected chi connectivity index (χ4v) is 4.22. The van der Waals surface area contributed by atoms with Crippen molar-refractivity contribution in [2.45, 2.75) is 13.5 Å². The average Bonchev–Trinajstić information content (AvgIpc) is 3.03. The van der Waals surface area contributed by atoms with Gasteiger partial charge < -0.3 is 23.8 Å². The SMILES string of the molecule is COc1ccc(CN(C(=O)c2ccc(C(=O)N/N=C/c3ccc(C)cc3)cc2)c2cc(OC)c(OC)c(OC)c2)cc1. The fourth-order valence-electron chi connectivity index (χ4n) is 4.22. The largest absolute Gasteiger partial charge is 0.497 e. The van der Waals surface area contributed by atoms with E-state index in [1.165, 1.54) is 21.3 Å². The number of hydrogen-bond acceptors (Lipinski definition) is 7. The van der Waals surface area contributed by atoms with Gasteiger partial charge in [0.15, 0.2) is 11.5 Å². The van der Waals surface area contributed by atoms with Crippen LogP contribution in [0.25, 0.3) is 0 Å². The first-order chi connectivity index (χ1) is 20.4. The number of methoxy groups -OCH3 is 4. The summed E-state index contributed by atoms with van der Waals surface area (Å²) in [6, 6.07) is 25.0. The second-order valence-electron chi connectivity index (χ2n) is 9.31. The van der Waals surface area contributed by atoms with Crippen LogP contribution in [0.3, 0.4) is 0 Å². The first kappa shape index (κ1) is 29.7. The molecule has 1 N–H and O–H groups in total. The Balaban J connectivity index is 1.60. The second-order valence-corrected chi connectivity index (χ2v) is 9.31. The molecular weight excluding hydrogens is 534 g/mol. The lowest BCUT2D eigenvalue weighted by atomic mass is 10.1. The van der Waals surface area contributed by atoms with E-state index in [1.807, 2.05) is 55.5 Å². The van der Waals surface area contributed by atoms with E-state index in [0.29, 0.717) is 39.8 Å². The van der Waals surface area contributed by atoms with Crippen LogP contribution >= 0.6 is 0 Å². The number of carbonyl (C=O) groups excluding carboxylic acids is 2. The Labute approximate surface area is 245 Å². The Morgan fingerprint density at radius 1 is 0.762 bits per heavy atom. The number of hydrazone groups is 1. The van der Waals surface area contributed by atoms with Crippen LogP contribution in [0.2, 0.25) is 0 Å². The van der Waals surface area contributed by atoms with Crippen molar-refractivity contribution < 1.29 is 28.5 Å². The molecule has 0 aliphatic rings. The maximum atomic E-state index is 13.9. The number of rotatable bonds is 11. The molecular formula is C33H33N3O6. The lowest BCUT2D eigenvalue weighted by Crippen LogP contribution is -2.30. The van der Waals surface area contributed by atoms with E-state index in [1.54, 1.807) is 54.6 Å². The number of ether oxygens (including phenoxy) is 4. The van der Waals surface area contributed by atoms with Gasteiger partial charge in [0.05, 0.1) is 46.9 Å². The Kier molecular flexibility index (Phi) is 9.78. The molecule has 216 valence electrons. The van der Waals surface area contributed by atoms with Gasteiger partial charge in [0.25, 0.3) is 11.8 Å². The zero-order valence-corrected chi connectivity index (χ0v) is 24.2. The van der Waals surface area contributed by atoms with E-state index >= 15 is 0 Å². The maximum Gasteiger partial charge on any atom is 0.271 e. The van der Waals surface area contributed by atoms with E-state index in [2.05, 4.69) is 10.5 Å². The first-order valence-electron chi connectivity index (χ1n) is 13.1. The minimum atomic E-state index is -0.392. The van der Waals surface area contributed by atoms with Crippen molar-refractivity contribution in [1.29, 1.82) is 0 Å². The zero-order chi connectivity index (χ0) is 30.1. The lowest BCUT2D eigenvalue weighted by molar-refractivity contribution is 0.0951. The lowest BCUT2D eigenvalue weighted by Gasteiger charge is -2.25. The van der Waals surface area contributed by atoms with Crippen molar-refractivity contribution in [3.05, 3.63) is 113 Å². The predicted molar refractivity (Wildman–Crippen MR) is 162 cm³/mol. The van der Waals surface area contributed by atoms with E-state index in [4.69, 9.17) is 18.9 Å². The second kappa shape index (κ2) is 13.8. The van der Waals surface area contributed by atoms with Crippen molar-refractivity contribution >= 4 is 23.7 Å². The predicted octanol–water partition coefficient (Wildman–Crippen LogP) is 5.64. The third kappa shape index (κ3) is 7.06. The van der Waals surface area contributed by atoms with Crippen LogP contribution < -0.4 is 29.3 Å². The highest BCUT2D eigenvalue weighted by molar-refractivity contribution is 6.07. The standard InChI is InChI=1S/C33H33N3O6/c1-22-6-8-23(9-7-22)20-34-35-32(37)25-12-14-26(15-13-25)33(38)36(21-24-10-16-28(39-2)17-11-24)27-18-29(40-3)31(42-5)30(19-27)41-4/h6-20H,21H2,1-5H3,(H,35,37)/b34-20+. The molecule has 0 aliphatic carbocycles. The molecule has 4 aromatic rings. The summed E-state index contributed by atoms with van der Waals surface area (Å²) in [5, 5.41) is 4.04. The molecule has 0 saturated carbocycles. The normalized spacial score (nSPS) is 10.7. The van der Waals surface area contributed by atoms with E-state index in [-0.39, 0.29) is 12.5 Å². The molecule has 0 saturated heterocycles. The number of benzene rings is 4. The number of nitrogens with zero attached hydrogens (tertiary/aromatic N) is 2. The number of anilines is 1. The van der Waals surface area contributed by atoms with Crippen LogP contribution in [0, 0.1) is 6.92 Å². The van der Waals surface area contributed by atoms with Gasteiger partial charge in [-0.3, -0.25) is 9.59 Å². The van der Waals surface area contributed by atoms with Gasteiger partial charge in [-0.05, 0) is 54.4 Å². The topological polar surface area (TPSA) is 98.7 Å². The quantitative estimate of drug-likeness (QED) is 0.186. The summed E-state index contributed by atoms with van der Waals surface area (Å²) in [5.41, 5.74) is 6.69. The summed E-state index contributed by atoms with van der Waals surface area (Å²) < 4.78 is 21.8. The third-order valence-electron chi connectivity index (χ3n) is 6.56. The van der Waals surface area contributed by atoms with Crippen molar-refractivity contribution in [1.82, 2.24) is 5.43 Å². The molecule has 0 spiro atoms. The highest BCUT2D eigenvalue weighted by Crippen LogP contribution is 2.41. The van der Waals surface area contributed by atoms with Gasteiger partial charge in [0, 0.05) is 23.3 Å². The highest BCUT2D eigenvalue weighted by Gasteiger charge is 2.23. The van der Waals surface area contributed by atoms with Gasteiger partial charge in [-0.25, -0.2) is 5.43 Å². The molecule has 0 bridgehead atoms. The summed E-state index contributed by atoms with van der Waals surface area (Å²) in [7, 11) is 6.16. The Bertz CT molecular complexity index is 1520. The van der Waals surface area contributed by atoms with Crippen LogP contribution in [0.4, 0.5) is 5.69 Å². The van der Waals surface area contributed by atoms with Crippen molar-refractivity contribution in [3.8, 4) is 23.0 Å². The molecule has 42 heavy (non-hydrogen) atoms. The summed E-state index contributed by atoms with van der Waals surface area (Å²) in [5.74, 6) is 1.28. The van der Waals surface area contributed by atoms with E-state index in [0.717, 1.165) is 16.7 Å². The van der Waals surface area contributed by atoms with Gasteiger partial charge in [-0.1, -0.05) is 42.0 Å². The van der Waals surface area contributed by atoms with Crippen LogP contribution in [-0.4, -0.2) is 46.5 Å². The number of amides is 2. The average molecular weight is 568 g/mol. The Morgan fingerprint density at radius 2 is 1.36 bits per heavy atom. The number of nitrogens with one attached hydrogen (secondary N) is 1. The van der Waals surface area contributed by atoms with Crippen molar-refractivity contribution in [2.75, 3.05) is 33.3 Å². The summed E-state index contributed by atoms with van der Waals surface area (Å²) in [6.45, 7) is 2.25. The number of hydrogen-bond donors (Lipinski definition) is 1. The van der Waals surface area contributed by atoms with Crippen LogP contribution in [-0.2, 0) is 6.54 Å². The Morgan fingerprint density at radius 3 is 1.90 bits per heavy atom. The van der Waals surface area contributed by atoms with Crippen molar-refractivity contribution in [2.24, 2.45) is 5.10 Å². The fraction of sp³-hybridized carbons (Fsp3) is 0.182. The van der Waals surface area contributed by atoms with E-state index in [9.17, 15) is 9.59 Å². The van der Waals surface area contributed by atoms with Crippen LogP contribution in [0.5, 0.6) is 23.0 Å². The van der Waals surface area contributed by atoms with E-state index < -0.39 is 5.91 Å². The third-order valence-corrected chi connectivity index (χ3v) is 6.56. The molecule has 0 aliphatic heterocycles. The number of carbonyl (C=O) groups is 2. The zero-order valence-electron chi connectivity index (χ0n) is 24.2. The molecule has 9 nitrogen and oxygen atoms in total. The highest BCUT2D eigenvalue weighted by atomic mass is 16.5.